The van der Waals surface area contributed by atoms with Gasteiger partial charge in [0.25, 0.3) is 0 Å². The summed E-state index contributed by atoms with van der Waals surface area (Å²) in [6, 6.07) is 19.9. The Morgan fingerprint density at radius 1 is 0.731 bits per heavy atom. The van der Waals surface area contributed by atoms with Crippen LogP contribution in [0.15, 0.2) is 60.7 Å². The molecule has 0 N–H and O–H groups in total. The predicted octanol–water partition coefficient (Wildman–Crippen LogP) is 4.86. The van der Waals surface area contributed by atoms with E-state index in [9.17, 15) is 0 Å². The molecule has 1 aliphatic rings. The highest BCUT2D eigenvalue weighted by atomic mass is 16.5. The number of para-hydroxylation sites is 2. The summed E-state index contributed by atoms with van der Waals surface area (Å²) < 4.78 is 22.9. The van der Waals surface area contributed by atoms with Crippen molar-refractivity contribution >= 4 is 0 Å². The highest BCUT2D eigenvalue weighted by molar-refractivity contribution is 5.78. The molecule has 132 valence electrons. The lowest BCUT2D eigenvalue weighted by Crippen LogP contribution is -2.16. The molecule has 0 saturated heterocycles. The molecular weight excluding hydrogens is 328 g/mol. The van der Waals surface area contributed by atoms with Gasteiger partial charge >= 0.3 is 0 Å². The Morgan fingerprint density at radius 2 is 1.58 bits per heavy atom. The minimum Gasteiger partial charge on any atom is -0.497 e. The minimum atomic E-state index is -0.296. The standard InChI is InChI=1S/C22H20O4/c1-23-14-11-12-16-18(13-14)15-7-4-5-9-19(15)26-21(16)17-8-6-10-20(24-2)22(17)25-3/h4-13,21H,1-3H3. The summed E-state index contributed by atoms with van der Waals surface area (Å²) in [6.07, 6.45) is -0.296. The van der Waals surface area contributed by atoms with Gasteiger partial charge in [-0.3, -0.25) is 0 Å². The molecule has 3 aromatic rings. The molecule has 1 atom stereocenters. The molecule has 0 saturated carbocycles. The molecule has 1 heterocycles. The average molecular weight is 348 g/mol. The van der Waals surface area contributed by atoms with Crippen LogP contribution in [0.5, 0.6) is 23.0 Å². The van der Waals surface area contributed by atoms with E-state index in [1.54, 1.807) is 21.3 Å². The Kier molecular flexibility index (Phi) is 4.17. The van der Waals surface area contributed by atoms with Gasteiger partial charge in [-0.2, -0.15) is 0 Å². The van der Waals surface area contributed by atoms with Crippen molar-refractivity contribution in [3.05, 3.63) is 71.8 Å². The highest BCUT2D eigenvalue weighted by Crippen LogP contribution is 2.48. The topological polar surface area (TPSA) is 36.9 Å². The minimum absolute atomic E-state index is 0.296. The van der Waals surface area contributed by atoms with E-state index < -0.39 is 0 Å². The normalized spacial score (nSPS) is 14.7. The van der Waals surface area contributed by atoms with Gasteiger partial charge < -0.3 is 18.9 Å². The Bertz CT molecular complexity index is 949. The maximum atomic E-state index is 6.38. The van der Waals surface area contributed by atoms with Crippen LogP contribution in [0.4, 0.5) is 0 Å². The van der Waals surface area contributed by atoms with E-state index in [2.05, 4.69) is 12.1 Å². The van der Waals surface area contributed by atoms with Crippen molar-refractivity contribution in [3.63, 3.8) is 0 Å². The third-order valence-electron chi connectivity index (χ3n) is 4.68. The lowest BCUT2D eigenvalue weighted by molar-refractivity contribution is 0.235. The smallest absolute Gasteiger partial charge is 0.167 e. The molecule has 0 spiro atoms. The maximum Gasteiger partial charge on any atom is 0.167 e. The van der Waals surface area contributed by atoms with Crippen LogP contribution in [0.25, 0.3) is 11.1 Å². The van der Waals surface area contributed by atoms with Crippen LogP contribution in [-0.2, 0) is 0 Å². The zero-order valence-electron chi connectivity index (χ0n) is 15.0. The second-order valence-corrected chi connectivity index (χ2v) is 6.03. The SMILES string of the molecule is COc1ccc2c(c1)-c1ccccc1OC2c1cccc(OC)c1OC. The molecule has 0 radical (unpaired) electrons. The van der Waals surface area contributed by atoms with Crippen LogP contribution >= 0.6 is 0 Å². The Hall–Kier alpha value is -3.14. The Morgan fingerprint density at radius 3 is 2.35 bits per heavy atom. The van der Waals surface area contributed by atoms with Gasteiger partial charge in [0.05, 0.1) is 21.3 Å². The number of ether oxygens (including phenoxy) is 4. The molecule has 1 unspecified atom stereocenters. The van der Waals surface area contributed by atoms with Crippen LogP contribution in [-0.4, -0.2) is 21.3 Å². The van der Waals surface area contributed by atoms with Gasteiger partial charge in [0, 0.05) is 16.7 Å². The molecule has 1 aliphatic heterocycles. The number of methoxy groups -OCH3 is 3. The van der Waals surface area contributed by atoms with E-state index in [0.29, 0.717) is 11.5 Å². The van der Waals surface area contributed by atoms with Crippen LogP contribution in [0, 0.1) is 0 Å². The molecule has 4 rings (SSSR count). The third-order valence-corrected chi connectivity index (χ3v) is 4.68. The fourth-order valence-electron chi connectivity index (χ4n) is 3.46. The first-order chi connectivity index (χ1) is 12.8. The van der Waals surface area contributed by atoms with Crippen LogP contribution in [0.3, 0.4) is 0 Å². The number of benzene rings is 3. The average Bonchev–Trinajstić information content (AvgIpc) is 2.72. The van der Waals surface area contributed by atoms with Gasteiger partial charge in [0.1, 0.15) is 11.5 Å². The fraction of sp³-hybridized carbons (Fsp3) is 0.182. The monoisotopic (exact) mass is 348 g/mol. The number of fused-ring (bicyclic) bond motifs is 3. The Labute approximate surface area is 152 Å². The fourth-order valence-corrected chi connectivity index (χ4v) is 3.46. The summed E-state index contributed by atoms with van der Waals surface area (Å²) in [7, 11) is 4.96. The van der Waals surface area contributed by atoms with Crippen molar-refractivity contribution < 1.29 is 18.9 Å². The van der Waals surface area contributed by atoms with Gasteiger partial charge in [-0.1, -0.05) is 36.4 Å². The lowest BCUT2D eigenvalue weighted by Gasteiger charge is -2.30. The zero-order chi connectivity index (χ0) is 18.1. The second-order valence-electron chi connectivity index (χ2n) is 6.03. The van der Waals surface area contributed by atoms with Crippen LogP contribution in [0.1, 0.15) is 17.2 Å². The summed E-state index contributed by atoms with van der Waals surface area (Å²) in [5.74, 6) is 3.02. The van der Waals surface area contributed by atoms with Crippen molar-refractivity contribution in [1.29, 1.82) is 0 Å². The van der Waals surface area contributed by atoms with E-state index in [1.165, 1.54) is 0 Å². The second kappa shape index (κ2) is 6.64. The summed E-state index contributed by atoms with van der Waals surface area (Å²) in [4.78, 5) is 0. The zero-order valence-corrected chi connectivity index (χ0v) is 15.0. The molecule has 4 heteroatoms. The molecule has 3 aromatic carbocycles. The third kappa shape index (κ3) is 2.54. The summed E-state index contributed by atoms with van der Waals surface area (Å²) in [6.45, 7) is 0. The molecule has 0 amide bonds. The number of hydrogen-bond donors (Lipinski definition) is 0. The summed E-state index contributed by atoms with van der Waals surface area (Å²) >= 11 is 0. The van der Waals surface area contributed by atoms with Crippen molar-refractivity contribution in [1.82, 2.24) is 0 Å². The summed E-state index contributed by atoms with van der Waals surface area (Å²) in [5.41, 5.74) is 4.14. The van der Waals surface area contributed by atoms with Crippen molar-refractivity contribution in [3.8, 4) is 34.1 Å². The first-order valence-corrected chi connectivity index (χ1v) is 8.41. The van der Waals surface area contributed by atoms with Crippen molar-refractivity contribution in [2.24, 2.45) is 0 Å². The quantitative estimate of drug-likeness (QED) is 0.675. The largest absolute Gasteiger partial charge is 0.497 e. The molecule has 0 bridgehead atoms. The predicted molar refractivity (Wildman–Crippen MR) is 100 cm³/mol. The van der Waals surface area contributed by atoms with Gasteiger partial charge in [-0.25, -0.2) is 0 Å². The number of hydrogen-bond acceptors (Lipinski definition) is 4. The lowest BCUT2D eigenvalue weighted by atomic mass is 9.89. The first kappa shape index (κ1) is 16.3. The van der Waals surface area contributed by atoms with Gasteiger partial charge in [0.15, 0.2) is 17.6 Å². The molecular formula is C22H20O4. The van der Waals surface area contributed by atoms with E-state index in [-0.39, 0.29) is 6.10 Å². The van der Waals surface area contributed by atoms with E-state index in [4.69, 9.17) is 18.9 Å². The molecule has 0 aromatic heterocycles. The van der Waals surface area contributed by atoms with E-state index in [0.717, 1.165) is 33.8 Å². The van der Waals surface area contributed by atoms with Gasteiger partial charge in [0.2, 0.25) is 0 Å². The van der Waals surface area contributed by atoms with E-state index in [1.807, 2.05) is 48.5 Å². The van der Waals surface area contributed by atoms with Crippen molar-refractivity contribution in [2.45, 2.75) is 6.10 Å². The van der Waals surface area contributed by atoms with Crippen LogP contribution < -0.4 is 18.9 Å². The summed E-state index contributed by atoms with van der Waals surface area (Å²) in [5, 5.41) is 0. The maximum absolute atomic E-state index is 6.38. The van der Waals surface area contributed by atoms with Gasteiger partial charge in [-0.05, 0) is 29.8 Å². The molecule has 4 nitrogen and oxygen atoms in total. The first-order valence-electron chi connectivity index (χ1n) is 8.41. The van der Waals surface area contributed by atoms with Crippen LogP contribution in [0.2, 0.25) is 0 Å². The van der Waals surface area contributed by atoms with Crippen molar-refractivity contribution in [2.75, 3.05) is 21.3 Å². The Balaban J connectivity index is 1.94. The van der Waals surface area contributed by atoms with E-state index >= 15 is 0 Å². The number of rotatable bonds is 4. The van der Waals surface area contributed by atoms with Gasteiger partial charge in [-0.15, -0.1) is 0 Å². The molecule has 0 fully saturated rings. The molecule has 0 aliphatic carbocycles. The molecule has 26 heavy (non-hydrogen) atoms. The highest BCUT2D eigenvalue weighted by Gasteiger charge is 2.30.